The smallest absolute Gasteiger partial charge is 0.0926 e. The van der Waals surface area contributed by atoms with Crippen molar-refractivity contribution in [2.45, 2.75) is 26.8 Å². The second kappa shape index (κ2) is 6.04. The summed E-state index contributed by atoms with van der Waals surface area (Å²) in [6, 6.07) is 3.96. The predicted octanol–water partition coefficient (Wildman–Crippen LogP) is 5.04. The van der Waals surface area contributed by atoms with E-state index in [2.05, 4.69) is 38.5 Å². The van der Waals surface area contributed by atoms with Crippen molar-refractivity contribution < 1.29 is 0 Å². The van der Waals surface area contributed by atoms with Gasteiger partial charge in [0.25, 0.3) is 0 Å². The van der Waals surface area contributed by atoms with Crippen LogP contribution < -0.4 is 5.32 Å². The van der Waals surface area contributed by atoms with Gasteiger partial charge in [-0.05, 0) is 47.0 Å². The summed E-state index contributed by atoms with van der Waals surface area (Å²) in [5.41, 5.74) is 3.13. The van der Waals surface area contributed by atoms with E-state index in [1.165, 1.54) is 5.01 Å². The summed E-state index contributed by atoms with van der Waals surface area (Å²) in [5.74, 6) is 0. The molecular formula is C13H14BrClN2S. The SMILES string of the molecule is CCc1nc(CNc2cc(Cl)c(C)cc2Br)cs1. The number of anilines is 1. The second-order valence-electron chi connectivity index (χ2n) is 4.02. The number of benzene rings is 1. The zero-order valence-electron chi connectivity index (χ0n) is 10.3. The zero-order chi connectivity index (χ0) is 13.1. The van der Waals surface area contributed by atoms with Crippen LogP contribution in [0.5, 0.6) is 0 Å². The number of nitrogens with zero attached hydrogens (tertiary/aromatic N) is 1. The number of hydrogen-bond donors (Lipinski definition) is 1. The third-order valence-electron chi connectivity index (χ3n) is 2.61. The Labute approximate surface area is 125 Å². The van der Waals surface area contributed by atoms with Gasteiger partial charge in [-0.25, -0.2) is 4.98 Å². The third kappa shape index (κ3) is 3.25. The van der Waals surface area contributed by atoms with Gasteiger partial charge >= 0.3 is 0 Å². The molecule has 0 saturated carbocycles. The van der Waals surface area contributed by atoms with Crippen LogP contribution in [0.3, 0.4) is 0 Å². The fourth-order valence-electron chi connectivity index (χ4n) is 1.56. The van der Waals surface area contributed by atoms with Crippen LogP contribution >= 0.6 is 38.9 Å². The van der Waals surface area contributed by atoms with Crippen molar-refractivity contribution >= 4 is 44.6 Å². The Kier molecular flexibility index (Phi) is 4.65. The number of aryl methyl sites for hydroxylation is 2. The lowest BCUT2D eigenvalue weighted by Gasteiger charge is -2.09. The van der Waals surface area contributed by atoms with E-state index >= 15 is 0 Å². The van der Waals surface area contributed by atoms with E-state index in [0.29, 0.717) is 6.54 Å². The minimum atomic E-state index is 0.717. The molecule has 0 bridgehead atoms. The molecule has 1 heterocycles. The molecule has 1 aromatic carbocycles. The van der Waals surface area contributed by atoms with Gasteiger partial charge in [0.2, 0.25) is 0 Å². The summed E-state index contributed by atoms with van der Waals surface area (Å²) in [6.07, 6.45) is 0.991. The summed E-state index contributed by atoms with van der Waals surface area (Å²) >= 11 is 11.4. The molecule has 2 aromatic rings. The fourth-order valence-corrected chi connectivity index (χ4v) is 3.07. The van der Waals surface area contributed by atoms with Crippen molar-refractivity contribution in [3.63, 3.8) is 0 Å². The first-order valence-electron chi connectivity index (χ1n) is 5.73. The molecule has 96 valence electrons. The van der Waals surface area contributed by atoms with Gasteiger partial charge < -0.3 is 5.32 Å². The standard InChI is InChI=1S/C13H14BrClN2S/c1-3-13-17-9(7-18-13)6-16-12-5-11(15)8(2)4-10(12)14/h4-5,7,16H,3,6H2,1-2H3. The number of hydrogen-bond acceptors (Lipinski definition) is 3. The topological polar surface area (TPSA) is 24.9 Å². The van der Waals surface area contributed by atoms with Crippen LogP contribution in [0.15, 0.2) is 22.0 Å². The van der Waals surface area contributed by atoms with Gasteiger partial charge in [-0.1, -0.05) is 18.5 Å². The quantitative estimate of drug-likeness (QED) is 0.839. The maximum atomic E-state index is 6.12. The molecule has 2 nitrogen and oxygen atoms in total. The van der Waals surface area contributed by atoms with Gasteiger partial charge in [-0.2, -0.15) is 0 Å². The molecule has 0 unspecified atom stereocenters. The number of nitrogens with one attached hydrogen (secondary N) is 1. The second-order valence-corrected chi connectivity index (χ2v) is 6.23. The highest BCUT2D eigenvalue weighted by atomic mass is 79.9. The van der Waals surface area contributed by atoms with Crippen LogP contribution in [0.25, 0.3) is 0 Å². The Hall–Kier alpha value is -0.580. The first-order valence-corrected chi connectivity index (χ1v) is 7.78. The number of halogens is 2. The molecule has 0 radical (unpaired) electrons. The van der Waals surface area contributed by atoms with Gasteiger partial charge in [0, 0.05) is 14.9 Å². The average Bonchev–Trinajstić information content (AvgIpc) is 2.80. The van der Waals surface area contributed by atoms with Gasteiger partial charge in [-0.15, -0.1) is 11.3 Å². The Morgan fingerprint density at radius 2 is 2.22 bits per heavy atom. The summed E-state index contributed by atoms with van der Waals surface area (Å²) in [5, 5.41) is 7.39. The van der Waals surface area contributed by atoms with E-state index < -0.39 is 0 Å². The molecule has 0 aliphatic heterocycles. The minimum absolute atomic E-state index is 0.717. The van der Waals surface area contributed by atoms with E-state index in [0.717, 1.165) is 32.9 Å². The Balaban J connectivity index is 2.08. The molecular weight excluding hydrogens is 332 g/mol. The molecule has 1 aromatic heterocycles. The molecule has 0 aliphatic rings. The highest BCUT2D eigenvalue weighted by Crippen LogP contribution is 2.29. The van der Waals surface area contributed by atoms with Crippen molar-refractivity contribution in [2.75, 3.05) is 5.32 Å². The third-order valence-corrected chi connectivity index (χ3v) is 4.72. The predicted molar refractivity (Wildman–Crippen MR) is 82.7 cm³/mol. The Morgan fingerprint density at radius 1 is 1.44 bits per heavy atom. The van der Waals surface area contributed by atoms with Crippen molar-refractivity contribution in [3.05, 3.63) is 43.3 Å². The molecule has 1 N–H and O–H groups in total. The highest BCUT2D eigenvalue weighted by molar-refractivity contribution is 9.10. The first-order chi connectivity index (χ1) is 8.60. The van der Waals surface area contributed by atoms with Crippen molar-refractivity contribution in [1.82, 2.24) is 4.98 Å². The lowest BCUT2D eigenvalue weighted by Crippen LogP contribution is -2.01. The van der Waals surface area contributed by atoms with Crippen LogP contribution in [0, 0.1) is 6.92 Å². The van der Waals surface area contributed by atoms with Gasteiger partial charge in [0.1, 0.15) is 0 Å². The number of aromatic nitrogens is 1. The van der Waals surface area contributed by atoms with Crippen LogP contribution in [0.2, 0.25) is 5.02 Å². The fraction of sp³-hybridized carbons (Fsp3) is 0.308. The van der Waals surface area contributed by atoms with Gasteiger partial charge in [-0.3, -0.25) is 0 Å². The van der Waals surface area contributed by atoms with E-state index in [4.69, 9.17) is 11.6 Å². The van der Waals surface area contributed by atoms with Gasteiger partial charge in [0.05, 0.1) is 22.9 Å². The molecule has 5 heteroatoms. The van der Waals surface area contributed by atoms with Crippen LogP contribution in [-0.2, 0) is 13.0 Å². The minimum Gasteiger partial charge on any atom is -0.378 e. The van der Waals surface area contributed by atoms with Crippen LogP contribution in [0.1, 0.15) is 23.2 Å². The number of rotatable bonds is 4. The lowest BCUT2D eigenvalue weighted by atomic mass is 10.2. The van der Waals surface area contributed by atoms with Crippen molar-refractivity contribution in [1.29, 1.82) is 0 Å². The summed E-state index contributed by atoms with van der Waals surface area (Å²) in [7, 11) is 0. The number of thiazole rings is 1. The van der Waals surface area contributed by atoms with E-state index in [1.807, 2.05) is 19.1 Å². The summed E-state index contributed by atoms with van der Waals surface area (Å²) < 4.78 is 1.02. The molecule has 0 saturated heterocycles. The summed E-state index contributed by atoms with van der Waals surface area (Å²) in [4.78, 5) is 4.52. The van der Waals surface area contributed by atoms with Crippen molar-refractivity contribution in [2.24, 2.45) is 0 Å². The Bertz CT molecular complexity index is 554. The maximum absolute atomic E-state index is 6.12. The molecule has 0 fully saturated rings. The molecule has 0 aliphatic carbocycles. The molecule has 0 spiro atoms. The van der Waals surface area contributed by atoms with Crippen molar-refractivity contribution in [3.8, 4) is 0 Å². The molecule has 0 atom stereocenters. The maximum Gasteiger partial charge on any atom is 0.0926 e. The molecule has 2 rings (SSSR count). The molecule has 0 amide bonds. The highest BCUT2D eigenvalue weighted by Gasteiger charge is 2.05. The van der Waals surface area contributed by atoms with Crippen LogP contribution in [-0.4, -0.2) is 4.98 Å². The molecule has 18 heavy (non-hydrogen) atoms. The van der Waals surface area contributed by atoms with E-state index in [1.54, 1.807) is 11.3 Å². The van der Waals surface area contributed by atoms with Crippen LogP contribution in [0.4, 0.5) is 5.69 Å². The van der Waals surface area contributed by atoms with Gasteiger partial charge in [0.15, 0.2) is 0 Å². The normalized spacial score (nSPS) is 10.7. The monoisotopic (exact) mass is 344 g/mol. The first kappa shape index (κ1) is 13.8. The summed E-state index contributed by atoms with van der Waals surface area (Å²) in [6.45, 7) is 4.83. The largest absolute Gasteiger partial charge is 0.378 e. The lowest BCUT2D eigenvalue weighted by molar-refractivity contribution is 1.01. The zero-order valence-corrected chi connectivity index (χ0v) is 13.4. The van der Waals surface area contributed by atoms with E-state index in [9.17, 15) is 0 Å². The average molecular weight is 346 g/mol. The van der Waals surface area contributed by atoms with E-state index in [-0.39, 0.29) is 0 Å². The Morgan fingerprint density at radius 3 is 2.89 bits per heavy atom.